The molecule has 0 atom stereocenters. The minimum atomic E-state index is -3.23. The summed E-state index contributed by atoms with van der Waals surface area (Å²) in [5.41, 5.74) is 3.32. The predicted octanol–water partition coefficient (Wildman–Crippen LogP) is 3.55. The Bertz CT molecular complexity index is 1230. The number of imidazole rings is 1. The Balaban J connectivity index is 1.68. The van der Waals surface area contributed by atoms with Gasteiger partial charge in [-0.25, -0.2) is 18.4 Å². The van der Waals surface area contributed by atoms with Crippen LogP contribution in [0.4, 0.5) is 11.5 Å². The van der Waals surface area contributed by atoms with E-state index in [2.05, 4.69) is 15.3 Å². The van der Waals surface area contributed by atoms with Crippen molar-refractivity contribution in [3.05, 3.63) is 67.1 Å². The Hall–Kier alpha value is -3.39. The summed E-state index contributed by atoms with van der Waals surface area (Å²) in [5, 5.41) is 3.20. The van der Waals surface area contributed by atoms with Crippen LogP contribution in [0.3, 0.4) is 0 Å². The van der Waals surface area contributed by atoms with E-state index in [4.69, 9.17) is 4.74 Å². The van der Waals surface area contributed by atoms with Gasteiger partial charge in [-0.3, -0.25) is 4.40 Å². The van der Waals surface area contributed by atoms with Crippen LogP contribution in [0.5, 0.6) is 5.75 Å². The molecule has 142 valence electrons. The molecule has 0 amide bonds. The number of hydrogen-bond donors (Lipinski definition) is 1. The summed E-state index contributed by atoms with van der Waals surface area (Å²) >= 11 is 0. The minimum absolute atomic E-state index is 0.270. The minimum Gasteiger partial charge on any atom is -0.497 e. The van der Waals surface area contributed by atoms with Gasteiger partial charge in [-0.2, -0.15) is 0 Å². The van der Waals surface area contributed by atoms with Crippen LogP contribution in [0.25, 0.3) is 16.9 Å². The van der Waals surface area contributed by atoms with Crippen LogP contribution in [0, 0.1) is 0 Å². The first-order valence-corrected chi connectivity index (χ1v) is 10.4. The molecule has 2 aromatic carbocycles. The number of anilines is 2. The van der Waals surface area contributed by atoms with Gasteiger partial charge in [-0.15, -0.1) is 0 Å². The summed E-state index contributed by atoms with van der Waals surface area (Å²) in [7, 11) is -1.59. The zero-order valence-corrected chi connectivity index (χ0v) is 16.1. The van der Waals surface area contributed by atoms with Gasteiger partial charge in [0.1, 0.15) is 5.75 Å². The average Bonchev–Trinajstić information content (AvgIpc) is 3.13. The van der Waals surface area contributed by atoms with E-state index in [0.717, 1.165) is 22.7 Å². The van der Waals surface area contributed by atoms with E-state index in [1.807, 2.05) is 34.9 Å². The van der Waals surface area contributed by atoms with Gasteiger partial charge in [-0.05, 0) is 48.5 Å². The first-order chi connectivity index (χ1) is 13.5. The molecule has 7 nitrogen and oxygen atoms in total. The summed E-state index contributed by atoms with van der Waals surface area (Å²) < 4.78 is 30.4. The topological polar surface area (TPSA) is 85.6 Å². The fraction of sp³-hybridized carbons (Fsp3) is 0.100. The Morgan fingerprint density at radius 3 is 2.36 bits per heavy atom. The van der Waals surface area contributed by atoms with Crippen LogP contribution in [0.1, 0.15) is 0 Å². The molecule has 0 unspecified atom stereocenters. The van der Waals surface area contributed by atoms with Crippen LogP contribution in [0.15, 0.2) is 72.0 Å². The molecule has 0 aliphatic rings. The Labute approximate surface area is 162 Å². The molecule has 4 rings (SSSR count). The lowest BCUT2D eigenvalue weighted by molar-refractivity contribution is 0.415. The molecule has 8 heteroatoms. The molecule has 0 aliphatic carbocycles. The molecule has 0 bridgehead atoms. The molecule has 0 saturated carbocycles. The zero-order chi connectivity index (χ0) is 19.7. The molecule has 0 aliphatic heterocycles. The van der Waals surface area contributed by atoms with Gasteiger partial charge in [0.2, 0.25) is 0 Å². The number of nitrogens with zero attached hydrogens (tertiary/aromatic N) is 3. The molecule has 0 fully saturated rings. The number of hydrogen-bond acceptors (Lipinski definition) is 6. The van der Waals surface area contributed by atoms with Crippen molar-refractivity contribution in [1.29, 1.82) is 0 Å². The van der Waals surface area contributed by atoms with Crippen molar-refractivity contribution >= 4 is 27.0 Å². The first kappa shape index (κ1) is 18.0. The predicted molar refractivity (Wildman–Crippen MR) is 108 cm³/mol. The molecule has 4 aromatic rings. The summed E-state index contributed by atoms with van der Waals surface area (Å²) in [6.07, 6.45) is 6.51. The van der Waals surface area contributed by atoms with Crippen molar-refractivity contribution in [2.75, 3.05) is 18.7 Å². The summed E-state index contributed by atoms with van der Waals surface area (Å²) in [5.74, 6) is 1.37. The van der Waals surface area contributed by atoms with Gasteiger partial charge in [-0.1, -0.05) is 0 Å². The number of nitrogens with one attached hydrogen (secondary N) is 1. The number of methoxy groups -OCH3 is 1. The van der Waals surface area contributed by atoms with Crippen LogP contribution in [-0.4, -0.2) is 36.2 Å². The van der Waals surface area contributed by atoms with Crippen molar-refractivity contribution < 1.29 is 13.2 Å². The summed E-state index contributed by atoms with van der Waals surface area (Å²) in [6, 6.07) is 14.3. The highest BCUT2D eigenvalue weighted by atomic mass is 32.2. The smallest absolute Gasteiger partial charge is 0.180 e. The van der Waals surface area contributed by atoms with E-state index >= 15 is 0 Å². The van der Waals surface area contributed by atoms with Crippen molar-refractivity contribution in [2.24, 2.45) is 0 Å². The molecule has 0 radical (unpaired) electrons. The van der Waals surface area contributed by atoms with Crippen molar-refractivity contribution in [3.8, 4) is 17.0 Å². The van der Waals surface area contributed by atoms with Crippen LogP contribution in [-0.2, 0) is 9.84 Å². The van der Waals surface area contributed by atoms with Gasteiger partial charge in [0.15, 0.2) is 21.3 Å². The lowest BCUT2D eigenvalue weighted by Gasteiger charge is -2.08. The third kappa shape index (κ3) is 3.41. The second kappa shape index (κ2) is 6.97. The molecule has 28 heavy (non-hydrogen) atoms. The van der Waals surface area contributed by atoms with E-state index in [0.29, 0.717) is 11.5 Å². The Kier molecular flexibility index (Phi) is 4.48. The van der Waals surface area contributed by atoms with Crippen molar-refractivity contribution in [1.82, 2.24) is 14.4 Å². The van der Waals surface area contributed by atoms with E-state index in [-0.39, 0.29) is 4.90 Å². The number of aromatic nitrogens is 3. The van der Waals surface area contributed by atoms with Gasteiger partial charge >= 0.3 is 0 Å². The van der Waals surface area contributed by atoms with Crippen LogP contribution >= 0.6 is 0 Å². The maximum atomic E-state index is 11.6. The number of benzene rings is 2. The van der Waals surface area contributed by atoms with E-state index in [9.17, 15) is 8.42 Å². The van der Waals surface area contributed by atoms with Crippen molar-refractivity contribution in [2.45, 2.75) is 4.90 Å². The highest BCUT2D eigenvalue weighted by Crippen LogP contribution is 2.26. The number of ether oxygens (including phenoxy) is 1. The quantitative estimate of drug-likeness (QED) is 0.557. The number of rotatable bonds is 5. The highest BCUT2D eigenvalue weighted by Gasteiger charge is 2.11. The second-order valence-electron chi connectivity index (χ2n) is 6.26. The lowest BCUT2D eigenvalue weighted by atomic mass is 10.1. The van der Waals surface area contributed by atoms with E-state index in [1.54, 1.807) is 43.8 Å². The third-order valence-electron chi connectivity index (χ3n) is 4.36. The van der Waals surface area contributed by atoms with Gasteiger partial charge in [0.05, 0.1) is 23.9 Å². The van der Waals surface area contributed by atoms with Gasteiger partial charge in [0.25, 0.3) is 0 Å². The van der Waals surface area contributed by atoms with Gasteiger partial charge < -0.3 is 10.1 Å². The molecule has 2 heterocycles. The standard InChI is InChI=1S/C20H18N4O3S/c1-27-16-7-3-14(4-8-16)18-13-22-20-19(21-11-12-24(18)20)23-15-5-9-17(10-6-15)28(2,25)26/h3-13H,1-2H3,(H,21,23). The average molecular weight is 394 g/mol. The van der Waals surface area contributed by atoms with Crippen LogP contribution in [0.2, 0.25) is 0 Å². The fourth-order valence-corrected chi connectivity index (χ4v) is 3.54. The zero-order valence-electron chi connectivity index (χ0n) is 15.3. The Morgan fingerprint density at radius 1 is 1.00 bits per heavy atom. The highest BCUT2D eigenvalue weighted by molar-refractivity contribution is 7.90. The third-order valence-corrected chi connectivity index (χ3v) is 5.49. The maximum Gasteiger partial charge on any atom is 0.180 e. The summed E-state index contributed by atoms with van der Waals surface area (Å²) in [4.78, 5) is 9.15. The number of sulfone groups is 1. The van der Waals surface area contributed by atoms with Crippen molar-refractivity contribution in [3.63, 3.8) is 0 Å². The molecule has 0 saturated heterocycles. The monoisotopic (exact) mass is 394 g/mol. The molecule has 1 N–H and O–H groups in total. The van der Waals surface area contributed by atoms with E-state index in [1.165, 1.54) is 6.26 Å². The molecular formula is C20H18N4O3S. The first-order valence-electron chi connectivity index (χ1n) is 8.49. The second-order valence-corrected chi connectivity index (χ2v) is 8.28. The molecule has 2 aromatic heterocycles. The summed E-state index contributed by atoms with van der Waals surface area (Å²) in [6.45, 7) is 0. The SMILES string of the molecule is COc1ccc(-c2cnc3c(Nc4ccc(S(C)(=O)=O)cc4)nccn23)cc1. The number of fused-ring (bicyclic) bond motifs is 1. The molecule has 0 spiro atoms. The fourth-order valence-electron chi connectivity index (χ4n) is 2.90. The Morgan fingerprint density at radius 2 is 1.71 bits per heavy atom. The maximum absolute atomic E-state index is 11.6. The lowest BCUT2D eigenvalue weighted by Crippen LogP contribution is -2.00. The van der Waals surface area contributed by atoms with Gasteiger partial charge in [0, 0.05) is 29.9 Å². The molecular weight excluding hydrogens is 376 g/mol. The largest absolute Gasteiger partial charge is 0.497 e. The van der Waals surface area contributed by atoms with E-state index < -0.39 is 9.84 Å². The van der Waals surface area contributed by atoms with Crippen LogP contribution < -0.4 is 10.1 Å². The normalized spacial score (nSPS) is 11.5.